The zero-order valence-corrected chi connectivity index (χ0v) is 12.6. The highest BCUT2D eigenvalue weighted by Crippen LogP contribution is 2.27. The highest BCUT2D eigenvalue weighted by atomic mass is 35.5. The lowest BCUT2D eigenvalue weighted by Crippen LogP contribution is -2.31. The van der Waals surface area contributed by atoms with Crippen molar-refractivity contribution in [3.63, 3.8) is 0 Å². The van der Waals surface area contributed by atoms with Gasteiger partial charge in [-0.05, 0) is 37.0 Å². The Balaban J connectivity index is 2.12. The van der Waals surface area contributed by atoms with Crippen molar-refractivity contribution in [2.75, 3.05) is 12.3 Å². The van der Waals surface area contributed by atoms with E-state index in [1.807, 2.05) is 0 Å². The molecule has 0 saturated heterocycles. The maximum atomic E-state index is 12.1. The van der Waals surface area contributed by atoms with Crippen molar-refractivity contribution in [1.82, 2.24) is 5.32 Å². The van der Waals surface area contributed by atoms with Crippen molar-refractivity contribution < 1.29 is 23.1 Å². The Bertz CT molecular complexity index is 682. The van der Waals surface area contributed by atoms with Gasteiger partial charge in [0.2, 0.25) is 5.91 Å². The summed E-state index contributed by atoms with van der Waals surface area (Å²) in [6, 6.07) is 3.35. The van der Waals surface area contributed by atoms with Gasteiger partial charge >= 0.3 is 5.97 Å². The van der Waals surface area contributed by atoms with Crippen molar-refractivity contribution in [3.05, 3.63) is 28.8 Å². The molecule has 0 unspecified atom stereocenters. The molecule has 0 bridgehead atoms. The minimum atomic E-state index is -3.89. The standard InChI is InChI=1S/C13H14ClNO5S/c14-11-4-3-9(5-10(11)13(17)18)21(19,20)7-12(16)15-6-8-1-2-8/h3-5,8H,1-2,6-7H2,(H,15,16)(H,17,18). The summed E-state index contributed by atoms with van der Waals surface area (Å²) >= 11 is 5.68. The third-order valence-electron chi connectivity index (χ3n) is 3.13. The third-order valence-corrected chi connectivity index (χ3v) is 5.08. The first kappa shape index (κ1) is 15.8. The third kappa shape index (κ3) is 4.18. The number of carbonyl (C=O) groups excluding carboxylic acids is 1. The number of nitrogens with one attached hydrogen (secondary N) is 1. The van der Waals surface area contributed by atoms with Crippen LogP contribution in [0.1, 0.15) is 23.2 Å². The van der Waals surface area contributed by atoms with Gasteiger partial charge in [-0.15, -0.1) is 0 Å². The number of carbonyl (C=O) groups is 2. The van der Waals surface area contributed by atoms with E-state index >= 15 is 0 Å². The fourth-order valence-corrected chi connectivity index (χ4v) is 3.13. The predicted molar refractivity (Wildman–Crippen MR) is 76.2 cm³/mol. The molecule has 1 fully saturated rings. The minimum absolute atomic E-state index is 0.0559. The van der Waals surface area contributed by atoms with E-state index in [1.54, 1.807) is 0 Å². The quantitative estimate of drug-likeness (QED) is 0.819. The van der Waals surface area contributed by atoms with Crippen LogP contribution in [0.2, 0.25) is 5.02 Å². The van der Waals surface area contributed by atoms with E-state index in [-0.39, 0.29) is 15.5 Å². The lowest BCUT2D eigenvalue weighted by atomic mass is 10.2. The van der Waals surface area contributed by atoms with Crippen LogP contribution < -0.4 is 5.32 Å². The smallest absolute Gasteiger partial charge is 0.337 e. The molecule has 0 aromatic heterocycles. The van der Waals surface area contributed by atoms with E-state index in [9.17, 15) is 18.0 Å². The van der Waals surface area contributed by atoms with E-state index in [0.29, 0.717) is 12.5 Å². The average Bonchev–Trinajstić information content (AvgIpc) is 3.19. The largest absolute Gasteiger partial charge is 0.478 e. The minimum Gasteiger partial charge on any atom is -0.478 e. The highest BCUT2D eigenvalue weighted by molar-refractivity contribution is 7.92. The SMILES string of the molecule is O=C(CS(=O)(=O)c1ccc(Cl)c(C(=O)O)c1)NCC1CC1. The van der Waals surface area contributed by atoms with Gasteiger partial charge in [-0.2, -0.15) is 0 Å². The van der Waals surface area contributed by atoms with Gasteiger partial charge in [0.15, 0.2) is 9.84 Å². The number of carboxylic acid groups (broad SMARTS) is 1. The van der Waals surface area contributed by atoms with Crippen molar-refractivity contribution in [2.45, 2.75) is 17.7 Å². The van der Waals surface area contributed by atoms with Crippen LogP contribution in [0.4, 0.5) is 0 Å². The molecule has 6 nitrogen and oxygen atoms in total. The first-order valence-corrected chi connectivity index (χ1v) is 8.35. The first-order chi connectivity index (χ1) is 9.79. The molecule has 114 valence electrons. The molecule has 1 saturated carbocycles. The van der Waals surface area contributed by atoms with Crippen LogP contribution in [0.15, 0.2) is 23.1 Å². The summed E-state index contributed by atoms with van der Waals surface area (Å²) in [4.78, 5) is 22.3. The molecular weight excluding hydrogens is 318 g/mol. The summed E-state index contributed by atoms with van der Waals surface area (Å²) in [5.74, 6) is -2.17. The van der Waals surface area contributed by atoms with Crippen LogP contribution in [0, 0.1) is 5.92 Å². The molecule has 0 radical (unpaired) electrons. The molecule has 0 spiro atoms. The normalized spacial score (nSPS) is 14.7. The lowest BCUT2D eigenvalue weighted by molar-refractivity contribution is -0.118. The van der Waals surface area contributed by atoms with Crippen molar-refractivity contribution in [1.29, 1.82) is 0 Å². The summed E-state index contributed by atoms with van der Waals surface area (Å²) in [5, 5.41) is 11.4. The van der Waals surface area contributed by atoms with Crippen LogP contribution in [-0.2, 0) is 14.6 Å². The number of aromatic carboxylic acids is 1. The van der Waals surface area contributed by atoms with Gasteiger partial charge in [-0.1, -0.05) is 11.6 Å². The Morgan fingerprint density at radius 2 is 2.00 bits per heavy atom. The average molecular weight is 332 g/mol. The molecule has 8 heteroatoms. The van der Waals surface area contributed by atoms with Gasteiger partial charge in [-0.25, -0.2) is 13.2 Å². The zero-order valence-electron chi connectivity index (χ0n) is 11.0. The molecule has 0 atom stereocenters. The summed E-state index contributed by atoms with van der Waals surface area (Å²) < 4.78 is 24.2. The topological polar surface area (TPSA) is 101 Å². The Morgan fingerprint density at radius 3 is 2.57 bits per heavy atom. The molecule has 0 aliphatic heterocycles. The van der Waals surface area contributed by atoms with Gasteiger partial charge in [0.05, 0.1) is 15.5 Å². The van der Waals surface area contributed by atoms with E-state index in [4.69, 9.17) is 16.7 Å². The van der Waals surface area contributed by atoms with E-state index < -0.39 is 27.5 Å². The molecule has 21 heavy (non-hydrogen) atoms. The first-order valence-electron chi connectivity index (χ1n) is 6.32. The molecule has 1 amide bonds. The molecular formula is C13H14ClNO5S. The zero-order chi connectivity index (χ0) is 15.6. The number of halogens is 1. The van der Waals surface area contributed by atoms with Crippen molar-refractivity contribution in [3.8, 4) is 0 Å². The maximum Gasteiger partial charge on any atom is 0.337 e. The number of carboxylic acids is 1. The second-order valence-corrected chi connectivity index (χ2v) is 7.35. The number of benzene rings is 1. The number of amides is 1. The number of rotatable bonds is 6. The van der Waals surface area contributed by atoms with E-state index in [2.05, 4.69) is 5.32 Å². The molecule has 0 heterocycles. The van der Waals surface area contributed by atoms with Crippen molar-refractivity contribution in [2.24, 2.45) is 5.92 Å². The van der Waals surface area contributed by atoms with Crippen LogP contribution in [-0.4, -0.2) is 37.7 Å². The van der Waals surface area contributed by atoms with E-state index in [0.717, 1.165) is 18.9 Å². The Morgan fingerprint density at radius 1 is 1.33 bits per heavy atom. The maximum absolute atomic E-state index is 12.1. The lowest BCUT2D eigenvalue weighted by Gasteiger charge is -2.07. The molecule has 1 aromatic carbocycles. The number of sulfone groups is 1. The Hall–Kier alpha value is -1.60. The summed E-state index contributed by atoms with van der Waals surface area (Å²) in [6.07, 6.45) is 2.10. The van der Waals surface area contributed by atoms with Gasteiger partial charge in [0.1, 0.15) is 5.75 Å². The van der Waals surface area contributed by atoms with Crippen LogP contribution in [0.5, 0.6) is 0 Å². The Kier molecular flexibility index (Phi) is 4.53. The van der Waals surface area contributed by atoms with Gasteiger partial charge in [0.25, 0.3) is 0 Å². The van der Waals surface area contributed by atoms with Crippen LogP contribution in [0.25, 0.3) is 0 Å². The number of hydrogen-bond donors (Lipinski definition) is 2. The highest BCUT2D eigenvalue weighted by Gasteiger charge is 2.25. The van der Waals surface area contributed by atoms with Gasteiger partial charge < -0.3 is 10.4 Å². The molecule has 2 N–H and O–H groups in total. The van der Waals surface area contributed by atoms with Gasteiger partial charge in [0, 0.05) is 6.54 Å². The summed E-state index contributed by atoms with van der Waals surface area (Å²) in [5.41, 5.74) is -0.309. The second-order valence-electron chi connectivity index (χ2n) is 4.95. The molecule has 1 aromatic rings. The van der Waals surface area contributed by atoms with Crippen LogP contribution in [0.3, 0.4) is 0 Å². The Labute approximate surface area is 127 Å². The second kappa shape index (κ2) is 6.03. The molecule has 1 aliphatic carbocycles. The summed E-state index contributed by atoms with van der Waals surface area (Å²) in [6.45, 7) is 0.481. The van der Waals surface area contributed by atoms with Gasteiger partial charge in [-0.3, -0.25) is 4.79 Å². The summed E-state index contributed by atoms with van der Waals surface area (Å²) in [7, 11) is -3.89. The van der Waals surface area contributed by atoms with Crippen molar-refractivity contribution >= 4 is 33.3 Å². The molecule has 2 rings (SSSR count). The monoisotopic (exact) mass is 331 g/mol. The fourth-order valence-electron chi connectivity index (χ4n) is 1.75. The number of hydrogen-bond acceptors (Lipinski definition) is 4. The molecule has 1 aliphatic rings. The predicted octanol–water partition coefficient (Wildman–Crippen LogP) is 1.34. The van der Waals surface area contributed by atoms with Crippen LogP contribution >= 0.6 is 11.6 Å². The fraction of sp³-hybridized carbons (Fsp3) is 0.385. The van der Waals surface area contributed by atoms with E-state index in [1.165, 1.54) is 12.1 Å².